The number of phenols is 3. The molecule has 11 N–H and O–H groups in total. The van der Waals surface area contributed by atoms with Gasteiger partial charge in [-0.3, -0.25) is 4.79 Å². The molecule has 2 fully saturated rings. The lowest BCUT2D eigenvalue weighted by Gasteiger charge is -2.37. The highest BCUT2D eigenvalue weighted by Crippen LogP contribution is 2.39. The molecule has 0 spiro atoms. The number of phenolic OH excluding ortho intramolecular Hbond substituents is 3. The molecule has 412 valence electrons. The molecule has 2 aliphatic heterocycles. The fourth-order valence-electron chi connectivity index (χ4n) is 8.99. The Bertz CT molecular complexity index is 1900. The van der Waals surface area contributed by atoms with Crippen LogP contribution in [0.1, 0.15) is 183 Å². The highest BCUT2D eigenvalue weighted by atomic mass is 16.7. The van der Waals surface area contributed by atoms with Gasteiger partial charge < -0.3 is 75.1 Å². The highest BCUT2D eigenvalue weighted by Gasteiger charge is 2.34. The summed E-state index contributed by atoms with van der Waals surface area (Å²) in [5.41, 5.74) is 1.56. The van der Waals surface area contributed by atoms with Crippen LogP contribution in [0, 0.1) is 6.92 Å². The summed E-state index contributed by atoms with van der Waals surface area (Å²) in [5.74, 6) is 0.328. The van der Waals surface area contributed by atoms with Crippen molar-refractivity contribution < 1.29 is 79.9 Å². The van der Waals surface area contributed by atoms with Crippen molar-refractivity contribution in [3.63, 3.8) is 0 Å². The van der Waals surface area contributed by atoms with Gasteiger partial charge in [-0.05, 0) is 140 Å². The summed E-state index contributed by atoms with van der Waals surface area (Å²) in [6, 6.07) is 20.5. The molecule has 3 aromatic carbocycles. The average molecular weight is 1030 g/mol. The van der Waals surface area contributed by atoms with E-state index < -0.39 is 55.3 Å². The molecule has 5 rings (SSSR count). The number of aromatic hydroxyl groups is 3. The molecule has 0 aliphatic carbocycles. The van der Waals surface area contributed by atoms with E-state index in [1.54, 1.807) is 55.5 Å². The summed E-state index contributed by atoms with van der Waals surface area (Å²) >= 11 is 0. The van der Waals surface area contributed by atoms with Gasteiger partial charge in [0.25, 0.3) is 0 Å². The average Bonchev–Trinajstić information content (AvgIpc) is 3.34. The fraction of sp³-hybridized carbons (Fsp3) is 0.649. The molecule has 0 saturated carbocycles. The van der Waals surface area contributed by atoms with Gasteiger partial charge in [-0.15, -0.1) is 0 Å². The Balaban J connectivity index is 0.000000359. The first kappa shape index (κ1) is 63.4. The van der Waals surface area contributed by atoms with Crippen molar-refractivity contribution in [3.05, 3.63) is 96.4 Å². The summed E-state index contributed by atoms with van der Waals surface area (Å²) in [4.78, 5) is 10.1. The van der Waals surface area contributed by atoms with Crippen LogP contribution >= 0.6 is 0 Å². The zero-order chi connectivity index (χ0) is 53.7. The molecule has 73 heavy (non-hydrogen) atoms. The van der Waals surface area contributed by atoms with Crippen LogP contribution in [-0.4, -0.2) is 136 Å². The maximum Gasteiger partial charge on any atom is 0.192 e. The van der Waals surface area contributed by atoms with Crippen molar-refractivity contribution in [2.75, 3.05) is 0 Å². The predicted octanol–water partition coefficient (Wildman–Crippen LogP) is 8.14. The zero-order valence-electron chi connectivity index (χ0n) is 43.4. The first-order valence-electron chi connectivity index (χ1n) is 26.6. The lowest BCUT2D eigenvalue weighted by molar-refractivity contribution is -0.254. The first-order valence-corrected chi connectivity index (χ1v) is 26.6. The van der Waals surface area contributed by atoms with Gasteiger partial charge in [0.1, 0.15) is 17.2 Å². The molecule has 0 bridgehead atoms. The molecule has 0 amide bonds. The minimum atomic E-state index is -0.772. The van der Waals surface area contributed by atoms with E-state index in [2.05, 4.69) is 13.8 Å². The highest BCUT2D eigenvalue weighted by molar-refractivity contribution is 5.78. The number of ether oxygens (including phenoxy) is 4. The Labute approximate surface area is 433 Å². The largest absolute Gasteiger partial charge is 0.507 e. The van der Waals surface area contributed by atoms with Crippen LogP contribution in [-0.2, 0) is 18.9 Å². The molecule has 12 unspecified atom stereocenters. The minimum Gasteiger partial charge on any atom is -0.507 e. The number of benzene rings is 3. The lowest BCUT2D eigenvalue weighted by atomic mass is 9.96. The maximum absolute atomic E-state index is 10.9. The molecular weight excluding hydrogens is 941 g/mol. The third-order valence-corrected chi connectivity index (χ3v) is 13.2. The molecule has 16 heteroatoms. The smallest absolute Gasteiger partial charge is 0.192 e. The third-order valence-electron chi connectivity index (χ3n) is 13.2. The summed E-state index contributed by atoms with van der Waals surface area (Å²) in [6.45, 7) is 9.19. The predicted molar refractivity (Wildman–Crippen MR) is 277 cm³/mol. The van der Waals surface area contributed by atoms with Crippen molar-refractivity contribution >= 4 is 6.29 Å². The summed E-state index contributed by atoms with van der Waals surface area (Å²) < 4.78 is 24.7. The van der Waals surface area contributed by atoms with Crippen LogP contribution in [0.3, 0.4) is 0 Å². The van der Waals surface area contributed by atoms with E-state index in [1.807, 2.05) is 25.1 Å². The topological polar surface area (TPSA) is 277 Å². The zero-order valence-corrected chi connectivity index (χ0v) is 43.4. The number of aliphatic hydroxyl groups is 8. The van der Waals surface area contributed by atoms with E-state index in [1.165, 1.54) is 6.07 Å². The Kier molecular flexibility index (Phi) is 30.7. The first-order chi connectivity index (χ1) is 34.9. The van der Waals surface area contributed by atoms with Crippen LogP contribution in [0.25, 0.3) is 0 Å². The number of rotatable bonds is 29. The van der Waals surface area contributed by atoms with Crippen LogP contribution in [0.2, 0.25) is 0 Å². The van der Waals surface area contributed by atoms with Gasteiger partial charge >= 0.3 is 0 Å². The number of aldehydes is 1. The molecule has 0 radical (unpaired) electrons. The second-order valence-electron chi connectivity index (χ2n) is 19.9. The number of hydrogen-bond acceptors (Lipinski definition) is 16. The lowest BCUT2D eigenvalue weighted by Crippen LogP contribution is -2.36. The summed E-state index contributed by atoms with van der Waals surface area (Å²) in [7, 11) is 0. The Hall–Kier alpha value is -3.88. The van der Waals surface area contributed by atoms with Crippen molar-refractivity contribution in [1.29, 1.82) is 0 Å². The molecule has 0 aromatic heterocycles. The van der Waals surface area contributed by atoms with E-state index in [4.69, 9.17) is 29.2 Å². The van der Waals surface area contributed by atoms with Crippen LogP contribution in [0.4, 0.5) is 0 Å². The molecule has 14 atom stereocenters. The molecule has 2 aliphatic rings. The fourth-order valence-corrected chi connectivity index (χ4v) is 8.99. The van der Waals surface area contributed by atoms with E-state index in [-0.39, 0.29) is 60.6 Å². The molecular formula is C57H89O16+. The second-order valence-corrected chi connectivity index (χ2v) is 19.9. The second kappa shape index (κ2) is 35.4. The maximum atomic E-state index is 10.9. The van der Waals surface area contributed by atoms with Crippen LogP contribution in [0.15, 0.2) is 72.8 Å². The number of carbonyl (C=O) groups excluding carboxylic acids is 1. The van der Waals surface area contributed by atoms with Gasteiger partial charge in [0.15, 0.2) is 25.0 Å². The van der Waals surface area contributed by atoms with Gasteiger partial charge in [0, 0.05) is 30.4 Å². The Morgan fingerprint density at radius 2 is 0.945 bits per heavy atom. The third kappa shape index (κ3) is 26.0. The Morgan fingerprint density at radius 1 is 0.521 bits per heavy atom. The van der Waals surface area contributed by atoms with E-state index in [0.717, 1.165) is 38.5 Å². The van der Waals surface area contributed by atoms with Gasteiger partial charge in [0.05, 0.1) is 79.6 Å². The quantitative estimate of drug-likeness (QED) is 0.0231. The van der Waals surface area contributed by atoms with E-state index >= 15 is 0 Å². The number of aliphatic hydroxyl groups excluding tert-OH is 8. The Morgan fingerprint density at radius 3 is 1.40 bits per heavy atom. The van der Waals surface area contributed by atoms with Crippen molar-refractivity contribution in [3.8, 4) is 17.2 Å². The normalized spacial score (nSPS) is 23.2. The van der Waals surface area contributed by atoms with Gasteiger partial charge in [0.2, 0.25) is 0 Å². The molecule has 2 saturated heterocycles. The van der Waals surface area contributed by atoms with E-state index in [0.29, 0.717) is 100 Å². The van der Waals surface area contributed by atoms with E-state index in [9.17, 15) is 50.8 Å². The minimum absolute atomic E-state index is 0.0152. The number of carbonyl (C=O) groups is 1. The van der Waals surface area contributed by atoms with Crippen molar-refractivity contribution in [2.24, 2.45) is 0 Å². The molecule has 3 aromatic rings. The number of hydrogen-bond donors (Lipinski definition) is 11. The summed E-state index contributed by atoms with van der Waals surface area (Å²) in [6.07, 6.45) is 6.34. The molecule has 16 nitrogen and oxygen atoms in total. The standard InChI is InChI=1S/C32H46O8.C18H37O6.C7H6O2/c1-3-23-19-24(38-31(37-23)27-14-4-6-16-29(27)35)13-9-11-22(34)18-26-20-25(12-8-10-21(2)33)39-32(40-26)28-15-5-7-17-30(28)36;1-3-14(20)10-15(21)8-5-9-17(23)12-18(24)11-16(22)7-4-6-13(2)19;8-5-6-3-1-2-4-7(6)9/h4-7,14-17,21-26,31-36H,3,8-13,18-20H2,1-2H3;13-24H,2-12H2,1H3;1-5,9H/q;+1;/t21-,22?,23?,24?,25?,26?,31?,32?;13-,14?,15?,16?,17?,18?;/m00./s1. The van der Waals surface area contributed by atoms with Gasteiger partial charge in [-0.1, -0.05) is 62.4 Å². The number of para-hydroxylation sites is 3. The van der Waals surface area contributed by atoms with Crippen LogP contribution < -0.4 is 0 Å². The van der Waals surface area contributed by atoms with Crippen LogP contribution in [0.5, 0.6) is 17.2 Å². The van der Waals surface area contributed by atoms with Crippen molar-refractivity contribution in [1.82, 2.24) is 0 Å². The van der Waals surface area contributed by atoms with Gasteiger partial charge in [-0.25, -0.2) is 0 Å². The SMILES string of the molecule is CCC1CC(CCCC(O)CC2CC(CCC[C@H](C)O)OC(c3ccccc3O)O2)OC(c2ccccc2O)O1.O=Cc1ccccc1O.[CH2+][C@H](O)CCCC(O)CC(O)CC(O)CCCC(O)CC(O)CC. The van der Waals surface area contributed by atoms with Gasteiger partial charge in [-0.2, -0.15) is 0 Å². The molecule has 2 heterocycles. The van der Waals surface area contributed by atoms with Crippen molar-refractivity contribution in [2.45, 2.75) is 235 Å². The monoisotopic (exact) mass is 1030 g/mol. The summed E-state index contributed by atoms with van der Waals surface area (Å²) in [5, 5.41) is 108.